The van der Waals surface area contributed by atoms with Crippen LogP contribution in [0.15, 0.2) is 70.1 Å². The van der Waals surface area contributed by atoms with Gasteiger partial charge in [-0.15, -0.1) is 0 Å². The van der Waals surface area contributed by atoms with Crippen molar-refractivity contribution < 1.29 is 28.5 Å². The Morgan fingerprint density at radius 3 is 2.41 bits per heavy atom. The molecule has 2 heterocycles. The molecule has 0 saturated carbocycles. The third-order valence-corrected chi connectivity index (χ3v) is 4.77. The second kappa shape index (κ2) is 9.30. The first kappa shape index (κ1) is 21.0. The van der Waals surface area contributed by atoms with Crippen molar-refractivity contribution in [1.29, 1.82) is 0 Å². The van der Waals surface area contributed by atoms with Crippen LogP contribution >= 0.6 is 0 Å². The molecule has 0 aliphatic carbocycles. The van der Waals surface area contributed by atoms with Crippen LogP contribution in [0.4, 0.5) is 0 Å². The lowest BCUT2D eigenvalue weighted by Crippen LogP contribution is -2.06. The van der Waals surface area contributed by atoms with E-state index in [2.05, 4.69) is 4.98 Å². The molecule has 4 aromatic rings. The van der Waals surface area contributed by atoms with Crippen LogP contribution in [0, 0.1) is 0 Å². The highest BCUT2D eigenvalue weighted by molar-refractivity contribution is 5.88. The normalized spacial score (nSPS) is 10.7. The predicted octanol–water partition coefficient (Wildman–Crippen LogP) is 4.32. The minimum Gasteiger partial charge on any atom is -0.504 e. The first-order valence-corrected chi connectivity index (χ1v) is 9.80. The van der Waals surface area contributed by atoms with Crippen molar-refractivity contribution in [2.45, 2.75) is 6.42 Å². The van der Waals surface area contributed by atoms with E-state index in [4.69, 9.17) is 23.4 Å². The summed E-state index contributed by atoms with van der Waals surface area (Å²) in [6, 6.07) is 13.5. The van der Waals surface area contributed by atoms with E-state index in [0.717, 1.165) is 17.4 Å². The average Bonchev–Trinajstić information content (AvgIpc) is 2.80. The van der Waals surface area contributed by atoms with E-state index in [0.29, 0.717) is 18.8 Å². The molecule has 0 aliphatic rings. The lowest BCUT2D eigenvalue weighted by Gasteiger charge is -2.14. The third-order valence-electron chi connectivity index (χ3n) is 4.77. The molecule has 164 valence electrons. The minimum absolute atomic E-state index is 0.0218. The number of hydrogen-bond acceptors (Lipinski definition) is 8. The molecule has 2 aromatic heterocycles. The quantitative estimate of drug-likeness (QED) is 0.437. The molecule has 0 atom stereocenters. The molecule has 0 amide bonds. The summed E-state index contributed by atoms with van der Waals surface area (Å²) >= 11 is 0. The van der Waals surface area contributed by atoms with Crippen molar-refractivity contribution >= 4 is 11.0 Å². The molecule has 0 unspecified atom stereocenters. The van der Waals surface area contributed by atoms with Crippen LogP contribution in [0.1, 0.15) is 5.56 Å². The van der Waals surface area contributed by atoms with Crippen molar-refractivity contribution in [3.05, 3.63) is 76.7 Å². The van der Waals surface area contributed by atoms with Crippen LogP contribution in [-0.4, -0.2) is 30.9 Å². The molecule has 0 aliphatic heterocycles. The summed E-state index contributed by atoms with van der Waals surface area (Å²) < 4.78 is 27.6. The first-order valence-electron chi connectivity index (χ1n) is 9.80. The molecular formula is C24H21NO7. The van der Waals surface area contributed by atoms with E-state index in [-0.39, 0.29) is 34.2 Å². The lowest BCUT2D eigenvalue weighted by molar-refractivity contribution is 0.289. The van der Waals surface area contributed by atoms with Gasteiger partial charge < -0.3 is 28.5 Å². The highest BCUT2D eigenvalue weighted by atomic mass is 16.6. The topological polar surface area (TPSA) is 100 Å². The van der Waals surface area contributed by atoms with E-state index in [1.165, 1.54) is 13.2 Å². The fraction of sp³-hybridized carbons (Fsp3) is 0.167. The minimum atomic E-state index is -0.476. The van der Waals surface area contributed by atoms with Crippen molar-refractivity contribution in [1.82, 2.24) is 4.98 Å². The van der Waals surface area contributed by atoms with Crippen molar-refractivity contribution in [3.63, 3.8) is 0 Å². The number of phenols is 1. The SMILES string of the molecule is COc1ccc(CCOc2cc3oc(Oc4ccncc4)cc(=O)c3c(O)c2OC)cc1. The number of ether oxygens (including phenoxy) is 4. The van der Waals surface area contributed by atoms with Crippen LogP contribution in [0.2, 0.25) is 0 Å². The number of fused-ring (bicyclic) bond motifs is 1. The molecular weight excluding hydrogens is 414 g/mol. The van der Waals surface area contributed by atoms with E-state index in [1.54, 1.807) is 31.6 Å². The number of aromatic nitrogens is 1. The molecule has 0 saturated heterocycles. The fourth-order valence-corrected chi connectivity index (χ4v) is 3.19. The predicted molar refractivity (Wildman–Crippen MR) is 117 cm³/mol. The molecule has 0 fully saturated rings. The van der Waals surface area contributed by atoms with E-state index in [9.17, 15) is 9.90 Å². The maximum Gasteiger partial charge on any atom is 0.294 e. The third kappa shape index (κ3) is 4.44. The van der Waals surface area contributed by atoms with Gasteiger partial charge in [0.25, 0.3) is 5.95 Å². The Kier molecular flexibility index (Phi) is 6.12. The summed E-state index contributed by atoms with van der Waals surface area (Å²) in [4.78, 5) is 16.5. The zero-order valence-corrected chi connectivity index (χ0v) is 17.5. The van der Waals surface area contributed by atoms with Crippen LogP contribution in [0.25, 0.3) is 11.0 Å². The monoisotopic (exact) mass is 435 g/mol. The number of hydrogen-bond donors (Lipinski definition) is 1. The summed E-state index contributed by atoms with van der Waals surface area (Å²) in [5, 5.41) is 10.6. The van der Waals surface area contributed by atoms with E-state index in [1.807, 2.05) is 24.3 Å². The number of phenolic OH excluding ortho intramolecular Hbond substituents is 1. The van der Waals surface area contributed by atoms with Gasteiger partial charge in [0.2, 0.25) is 11.2 Å². The Morgan fingerprint density at radius 1 is 0.969 bits per heavy atom. The maximum atomic E-state index is 12.6. The Hall–Kier alpha value is -4.20. The van der Waals surface area contributed by atoms with Gasteiger partial charge in [-0.25, -0.2) is 0 Å². The van der Waals surface area contributed by atoms with Gasteiger partial charge in [0.05, 0.1) is 26.9 Å². The zero-order chi connectivity index (χ0) is 22.5. The summed E-state index contributed by atoms with van der Waals surface area (Å²) in [5.74, 6) is 1.15. The summed E-state index contributed by atoms with van der Waals surface area (Å²) in [6.07, 6.45) is 3.72. The maximum absolute atomic E-state index is 12.6. The molecule has 32 heavy (non-hydrogen) atoms. The Bertz CT molecular complexity index is 1270. The second-order valence-corrected chi connectivity index (χ2v) is 6.79. The van der Waals surface area contributed by atoms with Crippen LogP contribution in [0.5, 0.6) is 34.7 Å². The molecule has 0 bridgehead atoms. The molecule has 1 N–H and O–H groups in total. The van der Waals surface area contributed by atoms with Gasteiger partial charge in [-0.2, -0.15) is 0 Å². The van der Waals surface area contributed by atoms with Gasteiger partial charge >= 0.3 is 0 Å². The second-order valence-electron chi connectivity index (χ2n) is 6.79. The summed E-state index contributed by atoms with van der Waals surface area (Å²) in [5.41, 5.74) is 0.685. The van der Waals surface area contributed by atoms with Gasteiger partial charge in [-0.3, -0.25) is 9.78 Å². The number of benzene rings is 2. The molecule has 8 nitrogen and oxygen atoms in total. The highest BCUT2D eigenvalue weighted by Crippen LogP contribution is 2.42. The number of methoxy groups -OCH3 is 2. The summed E-state index contributed by atoms with van der Waals surface area (Å²) in [6.45, 7) is 0.311. The number of rotatable bonds is 8. The smallest absolute Gasteiger partial charge is 0.294 e. The number of nitrogens with zero attached hydrogens (tertiary/aromatic N) is 1. The Balaban J connectivity index is 1.61. The van der Waals surface area contributed by atoms with Crippen molar-refractivity contribution in [2.24, 2.45) is 0 Å². The molecule has 0 radical (unpaired) electrons. The molecule has 2 aromatic carbocycles. The van der Waals surface area contributed by atoms with Crippen molar-refractivity contribution in [2.75, 3.05) is 20.8 Å². The van der Waals surface area contributed by atoms with Crippen LogP contribution < -0.4 is 24.4 Å². The Labute approximate surface area is 183 Å². The fourth-order valence-electron chi connectivity index (χ4n) is 3.19. The van der Waals surface area contributed by atoms with Crippen LogP contribution in [0.3, 0.4) is 0 Å². The lowest BCUT2D eigenvalue weighted by atomic mass is 10.1. The highest BCUT2D eigenvalue weighted by Gasteiger charge is 2.20. The summed E-state index contributed by atoms with van der Waals surface area (Å²) in [7, 11) is 3.00. The standard InChI is InChI=1S/C24H21NO7/c1-28-16-5-3-15(4-6-16)9-12-30-20-14-19-22(23(27)24(20)29-2)18(26)13-21(32-19)31-17-7-10-25-11-8-17/h3-8,10-11,13-14,27H,9,12H2,1-2H3. The molecule has 0 spiro atoms. The largest absolute Gasteiger partial charge is 0.504 e. The van der Waals surface area contributed by atoms with Gasteiger partial charge in [0, 0.05) is 24.9 Å². The number of pyridine rings is 1. The van der Waals surface area contributed by atoms with E-state index >= 15 is 0 Å². The van der Waals surface area contributed by atoms with Gasteiger partial charge in [-0.1, -0.05) is 12.1 Å². The van der Waals surface area contributed by atoms with E-state index < -0.39 is 5.43 Å². The zero-order valence-electron chi connectivity index (χ0n) is 17.5. The molecule has 8 heteroatoms. The van der Waals surface area contributed by atoms with Gasteiger partial charge in [0.15, 0.2) is 11.5 Å². The number of aromatic hydroxyl groups is 1. The van der Waals surface area contributed by atoms with Gasteiger partial charge in [0.1, 0.15) is 22.5 Å². The Morgan fingerprint density at radius 2 is 1.72 bits per heavy atom. The first-order chi connectivity index (χ1) is 15.6. The van der Waals surface area contributed by atoms with Gasteiger partial charge in [-0.05, 0) is 29.8 Å². The van der Waals surface area contributed by atoms with Crippen molar-refractivity contribution in [3.8, 4) is 34.7 Å². The molecule has 4 rings (SSSR count). The average molecular weight is 435 g/mol. The van der Waals surface area contributed by atoms with Crippen LogP contribution in [-0.2, 0) is 6.42 Å².